The Balaban J connectivity index is 1.86. The molecule has 3 heteroatoms. The lowest BCUT2D eigenvalue weighted by atomic mass is 9.91. The number of rotatable bonds is 2. The summed E-state index contributed by atoms with van der Waals surface area (Å²) in [6.07, 6.45) is 3.08. The first kappa shape index (κ1) is 12.7. The van der Waals surface area contributed by atoms with Crippen LogP contribution in [-0.2, 0) is 6.54 Å². The fraction of sp³-hybridized carbons (Fsp3) is 0.312. The molecule has 0 aliphatic carbocycles. The van der Waals surface area contributed by atoms with Crippen molar-refractivity contribution in [2.24, 2.45) is 0 Å². The number of hydrogen-bond donors (Lipinski definition) is 0. The Bertz CT molecular complexity index is 565. The molecule has 3 rings (SSSR count). The van der Waals surface area contributed by atoms with Crippen LogP contribution in [-0.4, -0.2) is 11.5 Å². The second-order valence-corrected chi connectivity index (χ2v) is 6.05. The number of benzene rings is 1. The number of hydrogen-bond acceptors (Lipinski definition) is 2. The van der Waals surface area contributed by atoms with Crippen molar-refractivity contribution in [3.05, 3.63) is 58.3 Å². The summed E-state index contributed by atoms with van der Waals surface area (Å²) in [5, 5.41) is 0. The van der Waals surface area contributed by atoms with E-state index in [1.54, 1.807) is 0 Å². The molecule has 0 bridgehead atoms. The van der Waals surface area contributed by atoms with Crippen molar-refractivity contribution in [2.45, 2.75) is 25.8 Å². The molecule has 0 saturated heterocycles. The van der Waals surface area contributed by atoms with Crippen LogP contribution >= 0.6 is 15.9 Å². The Kier molecular flexibility index (Phi) is 3.56. The molecule has 0 radical (unpaired) electrons. The number of nitrogens with zero attached hydrogens (tertiary/aromatic N) is 2. The molecule has 0 N–H and O–H groups in total. The first-order valence-electron chi connectivity index (χ1n) is 6.68. The lowest BCUT2D eigenvalue weighted by Gasteiger charge is -2.34. The SMILES string of the molecule is CC1CCN(Cc2ccc(Br)cn2)c2ccccc21. The smallest absolute Gasteiger partial charge is 0.0602 e. The van der Waals surface area contributed by atoms with Crippen LogP contribution < -0.4 is 4.90 Å². The normalized spacial score (nSPS) is 18.2. The zero-order valence-electron chi connectivity index (χ0n) is 11.0. The molecule has 1 aliphatic heterocycles. The van der Waals surface area contributed by atoms with Crippen LogP contribution in [0.5, 0.6) is 0 Å². The lowest BCUT2D eigenvalue weighted by molar-refractivity contribution is 0.606. The predicted octanol–water partition coefficient (Wildman–Crippen LogP) is 4.36. The number of aromatic nitrogens is 1. The van der Waals surface area contributed by atoms with Crippen LogP contribution in [0.3, 0.4) is 0 Å². The summed E-state index contributed by atoms with van der Waals surface area (Å²) in [5.74, 6) is 0.658. The third-order valence-electron chi connectivity index (χ3n) is 3.78. The van der Waals surface area contributed by atoms with E-state index in [1.165, 1.54) is 17.7 Å². The molecule has 19 heavy (non-hydrogen) atoms. The molecule has 0 spiro atoms. The summed E-state index contributed by atoms with van der Waals surface area (Å²) < 4.78 is 1.03. The highest BCUT2D eigenvalue weighted by molar-refractivity contribution is 9.10. The minimum atomic E-state index is 0.658. The van der Waals surface area contributed by atoms with E-state index in [1.807, 2.05) is 6.20 Å². The molecule has 1 unspecified atom stereocenters. The highest BCUT2D eigenvalue weighted by Crippen LogP contribution is 2.35. The van der Waals surface area contributed by atoms with E-state index in [-0.39, 0.29) is 0 Å². The maximum atomic E-state index is 4.48. The second-order valence-electron chi connectivity index (χ2n) is 5.14. The van der Waals surface area contributed by atoms with Crippen molar-refractivity contribution in [2.75, 3.05) is 11.4 Å². The quantitative estimate of drug-likeness (QED) is 0.818. The molecule has 1 aliphatic rings. The Morgan fingerprint density at radius 3 is 2.89 bits per heavy atom. The number of para-hydroxylation sites is 1. The van der Waals surface area contributed by atoms with Gasteiger partial charge in [-0.3, -0.25) is 4.98 Å². The van der Waals surface area contributed by atoms with Gasteiger partial charge in [-0.1, -0.05) is 25.1 Å². The van der Waals surface area contributed by atoms with E-state index in [9.17, 15) is 0 Å². The monoisotopic (exact) mass is 316 g/mol. The average molecular weight is 317 g/mol. The highest BCUT2D eigenvalue weighted by atomic mass is 79.9. The summed E-state index contributed by atoms with van der Waals surface area (Å²) in [6.45, 7) is 4.31. The Morgan fingerprint density at radius 1 is 1.26 bits per heavy atom. The maximum absolute atomic E-state index is 4.48. The van der Waals surface area contributed by atoms with Crippen LogP contribution in [0.25, 0.3) is 0 Å². The summed E-state index contributed by atoms with van der Waals surface area (Å²) in [7, 11) is 0. The van der Waals surface area contributed by atoms with Crippen LogP contribution in [0.1, 0.15) is 30.5 Å². The Labute approximate surface area is 122 Å². The first-order valence-corrected chi connectivity index (χ1v) is 7.47. The first-order chi connectivity index (χ1) is 9.24. The van der Waals surface area contributed by atoms with Crippen molar-refractivity contribution in [1.29, 1.82) is 0 Å². The van der Waals surface area contributed by atoms with Crippen molar-refractivity contribution in [3.63, 3.8) is 0 Å². The average Bonchev–Trinajstić information content (AvgIpc) is 2.45. The Hall–Kier alpha value is -1.35. The van der Waals surface area contributed by atoms with Crippen molar-refractivity contribution in [3.8, 4) is 0 Å². The van der Waals surface area contributed by atoms with Gasteiger partial charge in [0.15, 0.2) is 0 Å². The van der Waals surface area contributed by atoms with Crippen LogP contribution in [0.4, 0.5) is 5.69 Å². The molecule has 0 fully saturated rings. The van der Waals surface area contributed by atoms with Crippen molar-refractivity contribution < 1.29 is 0 Å². The van der Waals surface area contributed by atoms with E-state index in [4.69, 9.17) is 0 Å². The van der Waals surface area contributed by atoms with E-state index >= 15 is 0 Å². The topological polar surface area (TPSA) is 16.1 Å². The zero-order chi connectivity index (χ0) is 13.2. The fourth-order valence-corrected chi connectivity index (χ4v) is 2.91. The van der Waals surface area contributed by atoms with Gasteiger partial charge in [0.2, 0.25) is 0 Å². The van der Waals surface area contributed by atoms with E-state index in [0.29, 0.717) is 5.92 Å². The lowest BCUT2D eigenvalue weighted by Crippen LogP contribution is -2.30. The van der Waals surface area contributed by atoms with Gasteiger partial charge < -0.3 is 4.90 Å². The molecule has 98 valence electrons. The summed E-state index contributed by atoms with van der Waals surface area (Å²) in [5.41, 5.74) is 3.95. The van der Waals surface area contributed by atoms with Crippen LogP contribution in [0, 0.1) is 0 Å². The molecule has 0 amide bonds. The van der Waals surface area contributed by atoms with Gasteiger partial charge in [-0.2, -0.15) is 0 Å². The summed E-state index contributed by atoms with van der Waals surface area (Å²) in [4.78, 5) is 6.91. The third-order valence-corrected chi connectivity index (χ3v) is 4.25. The largest absolute Gasteiger partial charge is 0.365 e. The Morgan fingerprint density at radius 2 is 2.11 bits per heavy atom. The molecular weight excluding hydrogens is 300 g/mol. The number of pyridine rings is 1. The van der Waals surface area contributed by atoms with Crippen molar-refractivity contribution >= 4 is 21.6 Å². The van der Waals surface area contributed by atoms with E-state index < -0.39 is 0 Å². The molecule has 1 atom stereocenters. The van der Waals surface area contributed by atoms with Gasteiger partial charge >= 0.3 is 0 Å². The van der Waals surface area contributed by atoms with Gasteiger partial charge in [0.05, 0.1) is 12.2 Å². The number of anilines is 1. The van der Waals surface area contributed by atoms with Gasteiger partial charge in [0, 0.05) is 22.9 Å². The number of fused-ring (bicyclic) bond motifs is 1. The van der Waals surface area contributed by atoms with E-state index in [2.05, 4.69) is 69.1 Å². The molecule has 2 nitrogen and oxygen atoms in total. The summed E-state index contributed by atoms with van der Waals surface area (Å²) in [6, 6.07) is 12.9. The fourth-order valence-electron chi connectivity index (χ4n) is 2.68. The molecular formula is C16H17BrN2. The van der Waals surface area contributed by atoms with Gasteiger partial charge in [0.25, 0.3) is 0 Å². The minimum Gasteiger partial charge on any atom is -0.365 e. The molecule has 2 heterocycles. The highest BCUT2D eigenvalue weighted by Gasteiger charge is 2.21. The molecule has 0 saturated carbocycles. The van der Waals surface area contributed by atoms with Crippen LogP contribution in [0.2, 0.25) is 0 Å². The van der Waals surface area contributed by atoms with E-state index in [0.717, 1.165) is 23.3 Å². The molecule has 1 aromatic carbocycles. The third kappa shape index (κ3) is 2.66. The summed E-state index contributed by atoms with van der Waals surface area (Å²) >= 11 is 3.43. The van der Waals surface area contributed by atoms with Gasteiger partial charge in [-0.15, -0.1) is 0 Å². The minimum absolute atomic E-state index is 0.658. The maximum Gasteiger partial charge on any atom is 0.0602 e. The van der Waals surface area contributed by atoms with Gasteiger partial charge in [0.1, 0.15) is 0 Å². The van der Waals surface area contributed by atoms with Crippen LogP contribution in [0.15, 0.2) is 47.1 Å². The number of halogens is 1. The van der Waals surface area contributed by atoms with Gasteiger partial charge in [-0.05, 0) is 52.0 Å². The standard InChI is InChI=1S/C16H17BrN2/c1-12-8-9-19(16-5-3-2-4-15(12)16)11-14-7-6-13(17)10-18-14/h2-7,10,12H,8-9,11H2,1H3. The predicted molar refractivity (Wildman–Crippen MR) is 82.5 cm³/mol. The molecule has 2 aromatic rings. The zero-order valence-corrected chi connectivity index (χ0v) is 12.6. The molecule has 1 aromatic heterocycles. The second kappa shape index (κ2) is 5.33. The van der Waals surface area contributed by atoms with Gasteiger partial charge in [-0.25, -0.2) is 0 Å². The van der Waals surface area contributed by atoms with Crippen molar-refractivity contribution in [1.82, 2.24) is 4.98 Å².